The lowest BCUT2D eigenvalue weighted by Crippen LogP contribution is -2.27. The Morgan fingerprint density at radius 1 is 1.40 bits per heavy atom. The van der Waals surface area contributed by atoms with Crippen molar-refractivity contribution in [3.8, 4) is 5.75 Å². The highest BCUT2D eigenvalue weighted by molar-refractivity contribution is 6.32. The number of benzene rings is 1. The van der Waals surface area contributed by atoms with Crippen LogP contribution in [0.1, 0.15) is 13.8 Å². The molecule has 4 heteroatoms. The van der Waals surface area contributed by atoms with Gasteiger partial charge >= 0.3 is 0 Å². The van der Waals surface area contributed by atoms with Crippen LogP contribution in [0.4, 0.5) is 5.69 Å². The monoisotopic (exact) mass is 229 g/mol. The molecule has 0 saturated carbocycles. The third-order valence-corrected chi connectivity index (χ3v) is 2.58. The molecule has 1 rings (SSSR count). The molecule has 2 atom stereocenters. The minimum atomic E-state index is -0.410. The first kappa shape index (κ1) is 12.1. The fourth-order valence-corrected chi connectivity index (χ4v) is 1.33. The van der Waals surface area contributed by atoms with E-state index in [2.05, 4.69) is 5.32 Å². The van der Waals surface area contributed by atoms with Gasteiger partial charge in [-0.25, -0.2) is 0 Å². The summed E-state index contributed by atoms with van der Waals surface area (Å²) in [5, 5.41) is 13.1. The van der Waals surface area contributed by atoms with E-state index in [0.717, 1.165) is 5.69 Å². The van der Waals surface area contributed by atoms with Crippen LogP contribution in [0.25, 0.3) is 0 Å². The second-order valence-corrected chi connectivity index (χ2v) is 3.93. The molecule has 1 aromatic carbocycles. The minimum absolute atomic E-state index is 0.0177. The summed E-state index contributed by atoms with van der Waals surface area (Å²) >= 11 is 5.89. The third kappa shape index (κ3) is 3.29. The molecule has 2 unspecified atom stereocenters. The largest absolute Gasteiger partial charge is 0.495 e. The van der Waals surface area contributed by atoms with Crippen molar-refractivity contribution in [3.05, 3.63) is 23.2 Å². The second-order valence-electron chi connectivity index (χ2n) is 3.52. The maximum atomic E-state index is 9.34. The number of hydrogen-bond acceptors (Lipinski definition) is 3. The van der Waals surface area contributed by atoms with Gasteiger partial charge in [-0.2, -0.15) is 0 Å². The second kappa shape index (κ2) is 5.24. The highest BCUT2D eigenvalue weighted by Gasteiger charge is 2.09. The van der Waals surface area contributed by atoms with Crippen LogP contribution in [0.5, 0.6) is 5.75 Å². The van der Waals surface area contributed by atoms with Crippen molar-refractivity contribution >= 4 is 17.3 Å². The van der Waals surface area contributed by atoms with Gasteiger partial charge in [-0.15, -0.1) is 0 Å². The molecule has 0 aliphatic rings. The van der Waals surface area contributed by atoms with Crippen LogP contribution < -0.4 is 10.1 Å². The van der Waals surface area contributed by atoms with Crippen molar-refractivity contribution in [2.24, 2.45) is 0 Å². The molecule has 0 amide bonds. The van der Waals surface area contributed by atoms with Gasteiger partial charge in [0.2, 0.25) is 0 Å². The van der Waals surface area contributed by atoms with Crippen molar-refractivity contribution in [1.29, 1.82) is 0 Å². The van der Waals surface area contributed by atoms with Gasteiger partial charge in [0.1, 0.15) is 5.75 Å². The maximum Gasteiger partial charge on any atom is 0.139 e. The molecule has 0 spiro atoms. The van der Waals surface area contributed by atoms with E-state index in [1.807, 2.05) is 13.0 Å². The number of rotatable bonds is 4. The molecule has 0 heterocycles. The van der Waals surface area contributed by atoms with E-state index in [9.17, 15) is 5.11 Å². The van der Waals surface area contributed by atoms with Crippen LogP contribution in [-0.4, -0.2) is 24.4 Å². The lowest BCUT2D eigenvalue weighted by molar-refractivity contribution is 0.178. The Morgan fingerprint density at radius 3 is 2.60 bits per heavy atom. The maximum absolute atomic E-state index is 9.34. The zero-order chi connectivity index (χ0) is 11.4. The van der Waals surface area contributed by atoms with E-state index in [0.29, 0.717) is 10.8 Å². The van der Waals surface area contributed by atoms with E-state index >= 15 is 0 Å². The average Bonchev–Trinajstić information content (AvgIpc) is 2.20. The summed E-state index contributed by atoms with van der Waals surface area (Å²) in [6.45, 7) is 3.65. The first-order chi connectivity index (χ1) is 7.04. The van der Waals surface area contributed by atoms with Gasteiger partial charge in [-0.05, 0) is 26.0 Å². The molecule has 0 radical (unpaired) electrons. The van der Waals surface area contributed by atoms with Gasteiger partial charge in [0, 0.05) is 17.8 Å². The highest BCUT2D eigenvalue weighted by atomic mass is 35.5. The van der Waals surface area contributed by atoms with Crippen molar-refractivity contribution in [2.45, 2.75) is 26.0 Å². The number of aliphatic hydroxyl groups excluding tert-OH is 1. The van der Waals surface area contributed by atoms with Crippen LogP contribution >= 0.6 is 11.6 Å². The standard InChI is InChI=1S/C11H16ClNO2/c1-7(8(2)14)13-9-4-5-10(12)11(6-9)15-3/h4-8,13-14H,1-3H3. The number of aliphatic hydroxyl groups is 1. The zero-order valence-corrected chi connectivity index (χ0v) is 9.88. The summed E-state index contributed by atoms with van der Waals surface area (Å²) < 4.78 is 5.09. The summed E-state index contributed by atoms with van der Waals surface area (Å²) in [5.74, 6) is 0.624. The Kier molecular flexibility index (Phi) is 4.24. The van der Waals surface area contributed by atoms with Gasteiger partial charge in [0.05, 0.1) is 18.2 Å². The molecular formula is C11H16ClNO2. The Labute approximate surface area is 95.0 Å². The predicted octanol–water partition coefficient (Wildman–Crippen LogP) is 2.53. The predicted molar refractivity (Wildman–Crippen MR) is 62.8 cm³/mol. The van der Waals surface area contributed by atoms with Crippen LogP contribution in [0.2, 0.25) is 5.02 Å². The molecule has 0 fully saturated rings. The van der Waals surface area contributed by atoms with Crippen LogP contribution in [0.3, 0.4) is 0 Å². The summed E-state index contributed by atoms with van der Waals surface area (Å²) in [5.41, 5.74) is 0.879. The van der Waals surface area contributed by atoms with E-state index in [4.69, 9.17) is 16.3 Å². The molecule has 0 bridgehead atoms. The molecule has 0 aliphatic heterocycles. The van der Waals surface area contributed by atoms with E-state index in [-0.39, 0.29) is 6.04 Å². The number of hydrogen-bond donors (Lipinski definition) is 2. The quantitative estimate of drug-likeness (QED) is 0.834. The number of methoxy groups -OCH3 is 1. The van der Waals surface area contributed by atoms with Crippen molar-refractivity contribution in [1.82, 2.24) is 0 Å². The Hall–Kier alpha value is -0.930. The van der Waals surface area contributed by atoms with Crippen molar-refractivity contribution in [3.63, 3.8) is 0 Å². The fourth-order valence-electron chi connectivity index (χ4n) is 1.13. The zero-order valence-electron chi connectivity index (χ0n) is 9.12. The first-order valence-electron chi connectivity index (χ1n) is 4.82. The molecule has 3 nitrogen and oxygen atoms in total. The number of halogens is 1. The summed E-state index contributed by atoms with van der Waals surface area (Å²) in [7, 11) is 1.57. The first-order valence-corrected chi connectivity index (χ1v) is 5.20. The lowest BCUT2D eigenvalue weighted by Gasteiger charge is -2.18. The lowest BCUT2D eigenvalue weighted by atomic mass is 10.2. The normalized spacial score (nSPS) is 14.5. The van der Waals surface area contributed by atoms with Crippen molar-refractivity contribution in [2.75, 3.05) is 12.4 Å². The summed E-state index contributed by atoms with van der Waals surface area (Å²) in [4.78, 5) is 0. The molecule has 2 N–H and O–H groups in total. The molecule has 84 valence electrons. The Bertz CT molecular complexity index is 328. The third-order valence-electron chi connectivity index (χ3n) is 2.27. The molecule has 0 aromatic heterocycles. The SMILES string of the molecule is COc1cc(NC(C)C(C)O)ccc1Cl. The molecule has 0 aliphatic carbocycles. The number of nitrogens with one attached hydrogen (secondary N) is 1. The van der Waals surface area contributed by atoms with Gasteiger partial charge in [0.25, 0.3) is 0 Å². The van der Waals surface area contributed by atoms with Gasteiger partial charge in [0.15, 0.2) is 0 Å². The van der Waals surface area contributed by atoms with Crippen LogP contribution in [0, 0.1) is 0 Å². The fraction of sp³-hybridized carbons (Fsp3) is 0.455. The van der Waals surface area contributed by atoms with Crippen LogP contribution in [-0.2, 0) is 0 Å². The van der Waals surface area contributed by atoms with E-state index in [1.165, 1.54) is 0 Å². The minimum Gasteiger partial charge on any atom is -0.495 e. The van der Waals surface area contributed by atoms with Crippen molar-refractivity contribution < 1.29 is 9.84 Å². The molecule has 0 saturated heterocycles. The smallest absolute Gasteiger partial charge is 0.139 e. The van der Waals surface area contributed by atoms with E-state index < -0.39 is 6.10 Å². The highest BCUT2D eigenvalue weighted by Crippen LogP contribution is 2.27. The number of ether oxygens (including phenoxy) is 1. The van der Waals surface area contributed by atoms with Gasteiger partial charge in [-0.3, -0.25) is 0 Å². The van der Waals surface area contributed by atoms with E-state index in [1.54, 1.807) is 26.2 Å². The average molecular weight is 230 g/mol. The molecular weight excluding hydrogens is 214 g/mol. The molecule has 1 aromatic rings. The Balaban J connectivity index is 2.78. The summed E-state index contributed by atoms with van der Waals surface area (Å²) in [6.07, 6.45) is -0.410. The number of anilines is 1. The molecule has 15 heavy (non-hydrogen) atoms. The summed E-state index contributed by atoms with van der Waals surface area (Å²) in [6, 6.07) is 5.40. The Morgan fingerprint density at radius 2 is 2.07 bits per heavy atom. The topological polar surface area (TPSA) is 41.5 Å². The van der Waals surface area contributed by atoms with Gasteiger partial charge < -0.3 is 15.2 Å². The van der Waals surface area contributed by atoms with Gasteiger partial charge in [-0.1, -0.05) is 11.6 Å². The van der Waals surface area contributed by atoms with Crippen LogP contribution in [0.15, 0.2) is 18.2 Å².